The number of imide groups is 1. The Labute approximate surface area is 219 Å². The Balaban J connectivity index is 1.35. The second-order valence-electron chi connectivity index (χ2n) is 8.79. The van der Waals surface area contributed by atoms with Crippen molar-refractivity contribution in [2.24, 2.45) is 0 Å². The molecule has 1 aliphatic rings. The van der Waals surface area contributed by atoms with E-state index >= 15 is 0 Å². The van der Waals surface area contributed by atoms with Crippen molar-refractivity contribution in [3.8, 4) is 0 Å². The Morgan fingerprint density at radius 3 is 2.06 bits per heavy atom. The first-order chi connectivity index (χ1) is 17.2. The lowest BCUT2D eigenvalue weighted by Gasteiger charge is -2.15. The Hall–Kier alpha value is -3.61. The van der Waals surface area contributed by atoms with Crippen LogP contribution in [0.2, 0.25) is 5.02 Å². The average Bonchev–Trinajstić information content (AvgIpc) is 3.07. The van der Waals surface area contributed by atoms with Gasteiger partial charge in [0.1, 0.15) is 10.7 Å². The molecule has 0 atom stereocenters. The van der Waals surface area contributed by atoms with Crippen LogP contribution in [0.5, 0.6) is 0 Å². The Morgan fingerprint density at radius 1 is 0.833 bits per heavy atom. The van der Waals surface area contributed by atoms with E-state index in [-0.39, 0.29) is 29.7 Å². The fraction of sp³-hybridized carbons (Fsp3) is 0.179. The van der Waals surface area contributed by atoms with E-state index in [9.17, 15) is 14.4 Å². The smallest absolute Gasteiger partial charge is 0.278 e. The van der Waals surface area contributed by atoms with Gasteiger partial charge in [-0.2, -0.15) is 0 Å². The van der Waals surface area contributed by atoms with Crippen LogP contribution in [0.1, 0.15) is 46.8 Å². The molecule has 0 saturated heterocycles. The van der Waals surface area contributed by atoms with Gasteiger partial charge in [-0.25, -0.2) is 0 Å². The lowest BCUT2D eigenvalue weighted by molar-refractivity contribution is -0.138. The normalized spacial score (nSPS) is 13.5. The largest absolute Gasteiger partial charge is 0.375 e. The van der Waals surface area contributed by atoms with E-state index in [1.54, 1.807) is 48.5 Å². The summed E-state index contributed by atoms with van der Waals surface area (Å²) < 4.78 is 0. The molecule has 0 saturated carbocycles. The summed E-state index contributed by atoms with van der Waals surface area (Å²) in [4.78, 5) is 39.0. The van der Waals surface area contributed by atoms with Crippen molar-refractivity contribution in [3.63, 3.8) is 0 Å². The molecule has 6 nitrogen and oxygen atoms in total. The minimum Gasteiger partial charge on any atom is -0.375 e. The quantitative estimate of drug-likeness (QED) is 0.366. The summed E-state index contributed by atoms with van der Waals surface area (Å²) in [5.41, 5.74) is 4.07. The molecule has 4 rings (SSSR count). The van der Waals surface area contributed by atoms with Crippen molar-refractivity contribution >= 4 is 46.6 Å². The zero-order chi connectivity index (χ0) is 25.8. The molecule has 0 spiro atoms. The minimum absolute atomic E-state index is 0.0577. The van der Waals surface area contributed by atoms with Crippen molar-refractivity contribution < 1.29 is 14.4 Å². The third-order valence-electron chi connectivity index (χ3n) is 5.89. The third-order valence-corrected chi connectivity index (χ3v) is 6.49. The van der Waals surface area contributed by atoms with Crippen LogP contribution in [-0.4, -0.2) is 22.6 Å². The standard InChI is InChI=1S/C28H25Cl2N3O3/c1-17(2)20-9-13-23(14-10-20)32-26(34)21-7-3-18(4-8-21)15-31-25-24(30)27(35)33(28(25)36)16-19-5-11-22(29)12-6-19/h3-14,17,31H,15-16H2,1-2H3,(H,32,34). The van der Waals surface area contributed by atoms with Crippen molar-refractivity contribution in [3.05, 3.63) is 111 Å². The molecule has 3 aromatic carbocycles. The monoisotopic (exact) mass is 521 g/mol. The summed E-state index contributed by atoms with van der Waals surface area (Å²) in [7, 11) is 0. The van der Waals surface area contributed by atoms with Crippen LogP contribution in [0.15, 0.2) is 83.5 Å². The van der Waals surface area contributed by atoms with Gasteiger partial charge in [0.15, 0.2) is 0 Å². The number of hydrogen-bond acceptors (Lipinski definition) is 4. The second kappa shape index (κ2) is 11.0. The number of nitrogens with zero attached hydrogens (tertiary/aromatic N) is 1. The van der Waals surface area contributed by atoms with Gasteiger partial charge in [0, 0.05) is 22.8 Å². The first kappa shape index (κ1) is 25.5. The molecule has 0 unspecified atom stereocenters. The topological polar surface area (TPSA) is 78.5 Å². The number of rotatable bonds is 8. The maximum absolute atomic E-state index is 12.8. The molecular formula is C28H25Cl2N3O3. The van der Waals surface area contributed by atoms with Crippen LogP contribution in [0, 0.1) is 0 Å². The molecule has 0 aromatic heterocycles. The van der Waals surface area contributed by atoms with E-state index in [0.717, 1.165) is 21.7 Å². The zero-order valence-corrected chi connectivity index (χ0v) is 21.4. The van der Waals surface area contributed by atoms with Gasteiger partial charge in [-0.1, -0.05) is 73.4 Å². The van der Waals surface area contributed by atoms with E-state index in [4.69, 9.17) is 23.2 Å². The summed E-state index contributed by atoms with van der Waals surface area (Å²) >= 11 is 12.1. The van der Waals surface area contributed by atoms with Crippen LogP contribution in [0.25, 0.3) is 0 Å². The number of carbonyl (C=O) groups excluding carboxylic acids is 3. The summed E-state index contributed by atoms with van der Waals surface area (Å²) in [5, 5.41) is 6.28. The van der Waals surface area contributed by atoms with E-state index in [0.29, 0.717) is 16.5 Å². The molecule has 3 amide bonds. The van der Waals surface area contributed by atoms with Crippen LogP contribution in [-0.2, 0) is 22.7 Å². The predicted octanol–water partition coefficient (Wildman–Crippen LogP) is 5.82. The Kier molecular flexibility index (Phi) is 7.77. The zero-order valence-electron chi connectivity index (χ0n) is 19.8. The molecule has 1 aliphatic heterocycles. The SMILES string of the molecule is CC(C)c1ccc(NC(=O)c2ccc(CNC3=C(Cl)C(=O)N(Cc4ccc(Cl)cc4)C3=O)cc2)cc1. The van der Waals surface area contributed by atoms with Crippen molar-refractivity contribution in [2.75, 3.05) is 5.32 Å². The highest BCUT2D eigenvalue weighted by atomic mass is 35.5. The number of benzene rings is 3. The molecule has 0 radical (unpaired) electrons. The molecule has 2 N–H and O–H groups in total. The van der Waals surface area contributed by atoms with Crippen molar-refractivity contribution in [1.29, 1.82) is 0 Å². The summed E-state index contributed by atoms with van der Waals surface area (Å²) in [6, 6.07) is 21.7. The number of nitrogens with one attached hydrogen (secondary N) is 2. The van der Waals surface area contributed by atoms with Gasteiger partial charge in [0.05, 0.1) is 6.54 Å². The van der Waals surface area contributed by atoms with Crippen molar-refractivity contribution in [2.45, 2.75) is 32.9 Å². The van der Waals surface area contributed by atoms with Crippen molar-refractivity contribution in [1.82, 2.24) is 10.2 Å². The van der Waals surface area contributed by atoms with Gasteiger partial charge < -0.3 is 10.6 Å². The summed E-state index contributed by atoms with van der Waals surface area (Å²) in [6.07, 6.45) is 0. The molecule has 3 aromatic rings. The average molecular weight is 522 g/mol. The third kappa shape index (κ3) is 5.78. The van der Waals surface area contributed by atoms with Crippen LogP contribution in [0.3, 0.4) is 0 Å². The lowest BCUT2D eigenvalue weighted by atomic mass is 10.0. The van der Waals surface area contributed by atoms with E-state index in [1.807, 2.05) is 24.3 Å². The predicted molar refractivity (Wildman–Crippen MR) is 142 cm³/mol. The van der Waals surface area contributed by atoms with E-state index in [2.05, 4.69) is 24.5 Å². The second-order valence-corrected chi connectivity index (χ2v) is 9.61. The maximum atomic E-state index is 12.8. The maximum Gasteiger partial charge on any atom is 0.278 e. The van der Waals surface area contributed by atoms with Crippen LogP contribution >= 0.6 is 23.2 Å². The molecule has 0 aliphatic carbocycles. The fourth-order valence-electron chi connectivity index (χ4n) is 3.73. The highest BCUT2D eigenvalue weighted by Gasteiger charge is 2.37. The number of anilines is 1. The van der Waals surface area contributed by atoms with Crippen LogP contribution in [0.4, 0.5) is 5.69 Å². The molecule has 36 heavy (non-hydrogen) atoms. The number of carbonyl (C=O) groups is 3. The van der Waals surface area contributed by atoms with E-state index < -0.39 is 11.8 Å². The summed E-state index contributed by atoms with van der Waals surface area (Å²) in [5.74, 6) is -0.829. The first-order valence-corrected chi connectivity index (χ1v) is 12.2. The van der Waals surface area contributed by atoms with Gasteiger partial charge in [0.2, 0.25) is 0 Å². The number of halogens is 2. The molecular weight excluding hydrogens is 497 g/mol. The molecule has 8 heteroatoms. The Bertz CT molecular complexity index is 1320. The summed E-state index contributed by atoms with van der Waals surface area (Å²) in [6.45, 7) is 4.59. The van der Waals surface area contributed by atoms with Gasteiger partial charge in [0.25, 0.3) is 17.7 Å². The first-order valence-electron chi connectivity index (χ1n) is 11.5. The van der Waals surface area contributed by atoms with Gasteiger partial charge in [-0.3, -0.25) is 19.3 Å². The van der Waals surface area contributed by atoms with E-state index in [1.165, 1.54) is 5.56 Å². The van der Waals surface area contributed by atoms with Gasteiger partial charge in [-0.15, -0.1) is 0 Å². The van der Waals surface area contributed by atoms with Crippen LogP contribution < -0.4 is 10.6 Å². The molecule has 0 fully saturated rings. The highest BCUT2D eigenvalue weighted by molar-refractivity contribution is 6.47. The molecule has 184 valence electrons. The fourth-order valence-corrected chi connectivity index (χ4v) is 4.11. The highest BCUT2D eigenvalue weighted by Crippen LogP contribution is 2.25. The van der Waals surface area contributed by atoms with Gasteiger partial charge in [-0.05, 0) is 59.0 Å². The van der Waals surface area contributed by atoms with Gasteiger partial charge >= 0.3 is 0 Å². The Morgan fingerprint density at radius 2 is 1.44 bits per heavy atom. The number of hydrogen-bond donors (Lipinski definition) is 2. The number of amides is 3. The molecule has 1 heterocycles. The minimum atomic E-state index is -0.549. The lowest BCUT2D eigenvalue weighted by Crippen LogP contribution is -2.33. The molecule has 0 bridgehead atoms.